The van der Waals surface area contributed by atoms with Gasteiger partial charge in [-0.25, -0.2) is 0 Å². The number of hydrogen-bond acceptors (Lipinski definition) is 2. The molecule has 0 fully saturated rings. The van der Waals surface area contributed by atoms with Gasteiger partial charge in [-0.1, -0.05) is 36.7 Å². The van der Waals surface area contributed by atoms with Crippen molar-refractivity contribution in [3.8, 4) is 0 Å². The molecule has 0 spiro atoms. The fourth-order valence-corrected chi connectivity index (χ4v) is 3.48. The van der Waals surface area contributed by atoms with Gasteiger partial charge in [0.15, 0.2) is 0 Å². The maximum absolute atomic E-state index is 5.94. The molecular weight excluding hydrogens is 298 g/mol. The lowest BCUT2D eigenvalue weighted by atomic mass is 9.98. The van der Waals surface area contributed by atoms with Crippen LogP contribution < -0.4 is 5.32 Å². The van der Waals surface area contributed by atoms with Crippen molar-refractivity contribution in [3.05, 3.63) is 64.2 Å². The highest BCUT2D eigenvalue weighted by Crippen LogP contribution is 2.28. The van der Waals surface area contributed by atoms with Crippen molar-refractivity contribution in [1.29, 1.82) is 0 Å². The molecule has 2 aromatic carbocycles. The van der Waals surface area contributed by atoms with Gasteiger partial charge in [-0.15, -0.1) is 11.8 Å². The van der Waals surface area contributed by atoms with Crippen LogP contribution in [0, 0.1) is 13.8 Å². The highest BCUT2D eigenvalue weighted by molar-refractivity contribution is 7.99. The Morgan fingerprint density at radius 2 is 1.81 bits per heavy atom. The second-order valence-electron chi connectivity index (χ2n) is 5.16. The Balaban J connectivity index is 2.12. The first kappa shape index (κ1) is 16.4. The number of nitrogens with one attached hydrogen (secondary N) is 1. The number of benzene rings is 2. The van der Waals surface area contributed by atoms with Gasteiger partial charge in [0.1, 0.15) is 0 Å². The summed E-state index contributed by atoms with van der Waals surface area (Å²) in [6, 6.07) is 15.0. The molecule has 0 heterocycles. The van der Waals surface area contributed by atoms with Crippen LogP contribution in [0.4, 0.5) is 0 Å². The van der Waals surface area contributed by atoms with Crippen LogP contribution in [0.2, 0.25) is 5.02 Å². The van der Waals surface area contributed by atoms with Crippen LogP contribution in [0.3, 0.4) is 0 Å². The average molecular weight is 320 g/mol. The molecule has 0 bridgehead atoms. The van der Waals surface area contributed by atoms with Gasteiger partial charge in [-0.2, -0.15) is 0 Å². The molecule has 0 saturated carbocycles. The minimum Gasteiger partial charge on any atom is -0.309 e. The van der Waals surface area contributed by atoms with E-state index in [1.807, 2.05) is 23.9 Å². The van der Waals surface area contributed by atoms with E-state index >= 15 is 0 Å². The number of aryl methyl sites for hydroxylation is 1. The molecule has 112 valence electrons. The van der Waals surface area contributed by atoms with E-state index < -0.39 is 0 Å². The highest BCUT2D eigenvalue weighted by atomic mass is 35.5. The van der Waals surface area contributed by atoms with Crippen molar-refractivity contribution in [3.63, 3.8) is 0 Å². The number of hydrogen-bond donors (Lipinski definition) is 1. The molecule has 0 aliphatic rings. The van der Waals surface area contributed by atoms with E-state index in [-0.39, 0.29) is 0 Å². The van der Waals surface area contributed by atoms with Gasteiger partial charge < -0.3 is 5.32 Å². The lowest BCUT2D eigenvalue weighted by Gasteiger charge is -2.21. The van der Waals surface area contributed by atoms with E-state index in [2.05, 4.69) is 56.4 Å². The molecule has 2 aromatic rings. The summed E-state index contributed by atoms with van der Waals surface area (Å²) in [5.74, 6) is 1.01. The number of rotatable bonds is 6. The highest BCUT2D eigenvalue weighted by Gasteiger charge is 2.14. The molecule has 21 heavy (non-hydrogen) atoms. The molecule has 3 heteroatoms. The molecule has 2 rings (SSSR count). The molecule has 0 aliphatic carbocycles. The molecule has 1 atom stereocenters. The van der Waals surface area contributed by atoms with Gasteiger partial charge in [-0.05, 0) is 61.3 Å². The fraction of sp³-hybridized carbons (Fsp3) is 0.333. The zero-order valence-electron chi connectivity index (χ0n) is 12.8. The predicted octanol–water partition coefficient (Wildman–Crippen LogP) is 5.40. The van der Waals surface area contributed by atoms with E-state index in [0.29, 0.717) is 6.04 Å². The molecule has 0 aromatic heterocycles. The molecule has 1 unspecified atom stereocenters. The molecule has 0 saturated heterocycles. The quantitative estimate of drug-likeness (QED) is 0.715. The second kappa shape index (κ2) is 7.88. The zero-order chi connectivity index (χ0) is 15.2. The maximum atomic E-state index is 5.94. The minimum atomic E-state index is 0.371. The van der Waals surface area contributed by atoms with Crippen LogP contribution in [0.15, 0.2) is 47.4 Å². The second-order valence-corrected chi connectivity index (χ2v) is 6.69. The molecule has 0 aliphatic heterocycles. The molecule has 1 nitrogen and oxygen atoms in total. The third-order valence-electron chi connectivity index (χ3n) is 3.70. The van der Waals surface area contributed by atoms with Crippen LogP contribution in [0.25, 0.3) is 0 Å². The standard InChI is InChI=1S/C18H22ClNS/c1-4-20-18(17-7-5-6-13(2)14(17)3)12-21-16-10-8-15(19)9-11-16/h5-11,18,20H,4,12H2,1-3H3. The molecular formula is C18H22ClNS. The van der Waals surface area contributed by atoms with E-state index in [1.165, 1.54) is 21.6 Å². The van der Waals surface area contributed by atoms with Crippen LogP contribution >= 0.6 is 23.4 Å². The van der Waals surface area contributed by atoms with Gasteiger partial charge in [0.25, 0.3) is 0 Å². The van der Waals surface area contributed by atoms with Crippen LogP contribution in [0.5, 0.6) is 0 Å². The largest absolute Gasteiger partial charge is 0.309 e. The minimum absolute atomic E-state index is 0.371. The third kappa shape index (κ3) is 4.50. The summed E-state index contributed by atoms with van der Waals surface area (Å²) in [6.07, 6.45) is 0. The number of halogens is 1. The first-order valence-corrected chi connectivity index (χ1v) is 8.66. The number of thioether (sulfide) groups is 1. The maximum Gasteiger partial charge on any atom is 0.0418 e. The first-order chi connectivity index (χ1) is 10.1. The van der Waals surface area contributed by atoms with Gasteiger partial charge in [0.05, 0.1) is 0 Å². The Labute approximate surface area is 137 Å². The van der Waals surface area contributed by atoms with E-state index in [9.17, 15) is 0 Å². The summed E-state index contributed by atoms with van der Waals surface area (Å²) in [5.41, 5.74) is 4.14. The van der Waals surface area contributed by atoms with Crippen molar-refractivity contribution in [2.75, 3.05) is 12.3 Å². The van der Waals surface area contributed by atoms with Crippen molar-refractivity contribution in [1.82, 2.24) is 5.32 Å². The van der Waals surface area contributed by atoms with Crippen LogP contribution in [-0.4, -0.2) is 12.3 Å². The van der Waals surface area contributed by atoms with Gasteiger partial charge in [0.2, 0.25) is 0 Å². The summed E-state index contributed by atoms with van der Waals surface area (Å²) in [7, 11) is 0. The fourth-order valence-electron chi connectivity index (χ4n) is 2.37. The van der Waals surface area contributed by atoms with Crippen molar-refractivity contribution >= 4 is 23.4 Å². The summed E-state index contributed by atoms with van der Waals surface area (Å²) in [4.78, 5) is 1.26. The van der Waals surface area contributed by atoms with E-state index in [0.717, 1.165) is 17.3 Å². The lowest BCUT2D eigenvalue weighted by Crippen LogP contribution is -2.24. The summed E-state index contributed by atoms with van der Waals surface area (Å²) < 4.78 is 0. The zero-order valence-corrected chi connectivity index (χ0v) is 14.4. The Morgan fingerprint density at radius 1 is 1.10 bits per heavy atom. The average Bonchev–Trinajstić information content (AvgIpc) is 2.48. The Kier molecular flexibility index (Phi) is 6.16. The topological polar surface area (TPSA) is 12.0 Å². The third-order valence-corrected chi connectivity index (χ3v) is 5.06. The SMILES string of the molecule is CCNC(CSc1ccc(Cl)cc1)c1cccc(C)c1C. The van der Waals surface area contributed by atoms with E-state index in [1.54, 1.807) is 0 Å². The monoisotopic (exact) mass is 319 g/mol. The van der Waals surface area contributed by atoms with Gasteiger partial charge >= 0.3 is 0 Å². The van der Waals surface area contributed by atoms with Crippen LogP contribution in [0.1, 0.15) is 29.7 Å². The molecule has 0 amide bonds. The molecule has 0 radical (unpaired) electrons. The van der Waals surface area contributed by atoms with Gasteiger partial charge in [-0.3, -0.25) is 0 Å². The van der Waals surface area contributed by atoms with Gasteiger partial charge in [0, 0.05) is 21.7 Å². The Hall–Kier alpha value is -0.960. The summed E-state index contributed by atoms with van der Waals surface area (Å²) in [5, 5.41) is 4.39. The first-order valence-electron chi connectivity index (χ1n) is 7.29. The molecule has 1 N–H and O–H groups in total. The normalized spacial score (nSPS) is 12.4. The summed E-state index contributed by atoms with van der Waals surface area (Å²) in [6.45, 7) is 7.51. The predicted molar refractivity (Wildman–Crippen MR) is 94.5 cm³/mol. The van der Waals surface area contributed by atoms with E-state index in [4.69, 9.17) is 11.6 Å². The smallest absolute Gasteiger partial charge is 0.0418 e. The van der Waals surface area contributed by atoms with Crippen molar-refractivity contribution in [2.45, 2.75) is 31.7 Å². The van der Waals surface area contributed by atoms with Crippen molar-refractivity contribution < 1.29 is 0 Å². The summed E-state index contributed by atoms with van der Waals surface area (Å²) >= 11 is 7.80. The Morgan fingerprint density at radius 3 is 2.48 bits per heavy atom. The van der Waals surface area contributed by atoms with Crippen LogP contribution in [-0.2, 0) is 0 Å². The van der Waals surface area contributed by atoms with Crippen molar-refractivity contribution in [2.24, 2.45) is 0 Å². The lowest BCUT2D eigenvalue weighted by molar-refractivity contribution is 0.602. The Bertz CT molecular complexity index is 580.